The van der Waals surface area contributed by atoms with Crippen LogP contribution in [0.3, 0.4) is 0 Å². The maximum atomic E-state index is 14.7. The lowest BCUT2D eigenvalue weighted by Gasteiger charge is -2.44. The molecule has 0 aromatic heterocycles. The summed E-state index contributed by atoms with van der Waals surface area (Å²) in [5.74, 6) is -3.51. The summed E-state index contributed by atoms with van der Waals surface area (Å²) < 4.78 is 12.3. The number of ether oxygens (including phenoxy) is 2. The van der Waals surface area contributed by atoms with Crippen molar-refractivity contribution in [3.8, 4) is 0 Å². The van der Waals surface area contributed by atoms with Crippen LogP contribution in [0.4, 0.5) is 0 Å². The summed E-state index contributed by atoms with van der Waals surface area (Å²) >= 11 is 3.74. The van der Waals surface area contributed by atoms with Crippen molar-refractivity contribution >= 4 is 39.6 Å². The molecule has 3 aliphatic rings. The molecule has 1 aromatic rings. The molecule has 3 heterocycles. The van der Waals surface area contributed by atoms with Gasteiger partial charge in [0.2, 0.25) is 17.7 Å². The van der Waals surface area contributed by atoms with E-state index in [1.165, 1.54) is 4.90 Å². The molecule has 3 amide bonds. The molecular weight excluding hydrogens is 666 g/mol. The van der Waals surface area contributed by atoms with Crippen molar-refractivity contribution in [1.29, 1.82) is 0 Å². The van der Waals surface area contributed by atoms with Gasteiger partial charge in [0.05, 0.1) is 36.6 Å². The number of allylic oxidation sites excluding steroid dienone is 1. The third kappa shape index (κ3) is 7.08. The minimum atomic E-state index is -1.29. The van der Waals surface area contributed by atoms with E-state index in [-0.39, 0.29) is 48.7 Å². The predicted octanol–water partition coefficient (Wildman–Crippen LogP) is 4.32. The van der Waals surface area contributed by atoms with E-state index in [2.05, 4.69) is 34.4 Å². The van der Waals surface area contributed by atoms with Gasteiger partial charge in [0.25, 0.3) is 0 Å². The van der Waals surface area contributed by atoms with E-state index in [1.807, 2.05) is 65.0 Å². The number of benzene rings is 1. The molecule has 2 N–H and O–H groups in total. The summed E-state index contributed by atoms with van der Waals surface area (Å²) in [6, 6.07) is 6.81. The maximum absolute atomic E-state index is 14.7. The van der Waals surface area contributed by atoms with Crippen LogP contribution < -0.4 is 5.32 Å². The number of amides is 3. The molecule has 3 fully saturated rings. The average molecular weight is 717 g/mol. The van der Waals surface area contributed by atoms with Gasteiger partial charge < -0.3 is 29.7 Å². The van der Waals surface area contributed by atoms with Gasteiger partial charge in [0.15, 0.2) is 0 Å². The molecule has 258 valence electrons. The van der Waals surface area contributed by atoms with Gasteiger partial charge in [-0.2, -0.15) is 0 Å². The first-order valence-electron chi connectivity index (χ1n) is 16.6. The molecule has 10 nitrogen and oxygen atoms in total. The van der Waals surface area contributed by atoms with Gasteiger partial charge in [-0.15, -0.1) is 13.2 Å². The lowest BCUT2D eigenvalue weighted by molar-refractivity contribution is -0.155. The van der Waals surface area contributed by atoms with Crippen molar-refractivity contribution in [2.45, 2.75) is 100 Å². The van der Waals surface area contributed by atoms with E-state index in [9.17, 15) is 24.3 Å². The second kappa shape index (κ2) is 15.0. The van der Waals surface area contributed by atoms with Gasteiger partial charge in [-0.05, 0) is 45.1 Å². The molecule has 4 rings (SSSR count). The Balaban J connectivity index is 1.74. The zero-order valence-electron chi connectivity index (χ0n) is 28.2. The van der Waals surface area contributed by atoms with Crippen molar-refractivity contribution in [1.82, 2.24) is 15.1 Å². The van der Waals surface area contributed by atoms with Crippen LogP contribution in [-0.2, 0) is 28.7 Å². The Morgan fingerprint density at radius 1 is 1.23 bits per heavy atom. The molecule has 47 heavy (non-hydrogen) atoms. The summed E-state index contributed by atoms with van der Waals surface area (Å²) in [4.78, 5) is 59.1. The highest BCUT2D eigenvalue weighted by atomic mass is 79.9. The van der Waals surface area contributed by atoms with Crippen LogP contribution in [-0.4, -0.2) is 92.5 Å². The minimum Gasteiger partial charge on any atom is -0.463 e. The van der Waals surface area contributed by atoms with E-state index in [1.54, 1.807) is 17.1 Å². The smallest absolute Gasteiger partial charge is 0.306 e. The van der Waals surface area contributed by atoms with Gasteiger partial charge in [-0.25, -0.2) is 0 Å². The van der Waals surface area contributed by atoms with E-state index in [0.717, 1.165) is 5.56 Å². The summed E-state index contributed by atoms with van der Waals surface area (Å²) in [5, 5.41) is 13.7. The monoisotopic (exact) mass is 715 g/mol. The Kier molecular flexibility index (Phi) is 11.8. The van der Waals surface area contributed by atoms with Crippen LogP contribution in [0, 0.1) is 17.8 Å². The fraction of sp³-hybridized carbons (Fsp3) is 0.611. The van der Waals surface area contributed by atoms with Gasteiger partial charge in [-0.3, -0.25) is 19.2 Å². The number of fused-ring (bicyclic) bond motifs is 1. The lowest BCUT2D eigenvalue weighted by Crippen LogP contribution is -2.62. The number of halogens is 1. The number of carbonyl (C=O) groups excluding carboxylic acids is 4. The van der Waals surface area contributed by atoms with Gasteiger partial charge in [0.1, 0.15) is 18.2 Å². The number of nitrogens with one attached hydrogen (secondary N) is 1. The number of hydrogen-bond donors (Lipinski definition) is 2. The maximum Gasteiger partial charge on any atom is 0.306 e. The quantitative estimate of drug-likeness (QED) is 0.157. The Labute approximate surface area is 287 Å². The van der Waals surface area contributed by atoms with Crippen molar-refractivity contribution < 1.29 is 33.8 Å². The molecule has 3 aliphatic heterocycles. The number of aliphatic hydroxyl groups is 1. The van der Waals surface area contributed by atoms with Crippen LogP contribution in [0.1, 0.15) is 71.9 Å². The Bertz CT molecular complexity index is 1330. The van der Waals surface area contributed by atoms with Gasteiger partial charge in [0, 0.05) is 23.3 Å². The lowest BCUT2D eigenvalue weighted by atomic mass is 9.70. The Morgan fingerprint density at radius 3 is 2.49 bits per heavy atom. The van der Waals surface area contributed by atoms with Crippen LogP contribution in [0.25, 0.3) is 0 Å². The average Bonchev–Trinajstić information content (AvgIpc) is 3.63. The summed E-state index contributed by atoms with van der Waals surface area (Å²) in [6.45, 7) is 17.0. The third-order valence-corrected chi connectivity index (χ3v) is 10.8. The molecule has 1 spiro atoms. The highest BCUT2D eigenvalue weighted by Gasteiger charge is 2.77. The summed E-state index contributed by atoms with van der Waals surface area (Å²) in [5.41, 5.74) is -1.16. The SMILES string of the molecule is C=CCCC(=O)OC[C@@H](NC(=O)[C@H]1[C@@H]2O[C@@]3(CC2Br)[C@@H]1C(=O)N([C@@H](CO)[C@@H](C)CC)[C@@H]3C(=O)N(CC=C)C(C)(C)C)c1ccccc1. The Hall–Kier alpha value is -3.02. The topological polar surface area (TPSA) is 125 Å². The van der Waals surface area contributed by atoms with Crippen LogP contribution in [0.2, 0.25) is 0 Å². The number of esters is 1. The van der Waals surface area contributed by atoms with Crippen molar-refractivity contribution in [2.24, 2.45) is 17.8 Å². The van der Waals surface area contributed by atoms with Gasteiger partial charge >= 0.3 is 5.97 Å². The first-order valence-corrected chi connectivity index (χ1v) is 17.5. The zero-order valence-corrected chi connectivity index (χ0v) is 29.8. The van der Waals surface area contributed by atoms with Crippen LogP contribution >= 0.6 is 15.9 Å². The standard InChI is InChI=1S/C36H50BrN3O7/c1-8-11-17-27(42)46-21-25(23-15-13-12-14-16-23)38-32(43)28-29-33(44)40(26(20-41)22(4)10-3)31(36(29)19-24(37)30(28)47-36)34(45)39(18-9-2)35(5,6)7/h8-9,12-16,22,24-26,28-31,41H,1-2,10-11,17-21H2,3-7H3,(H,38,43)/t22-,24?,25+,26-,28+,29-,30+,31+,36-/m0/s1. The molecular formula is C36H50BrN3O7. The Morgan fingerprint density at radius 2 is 1.91 bits per heavy atom. The molecule has 2 bridgehead atoms. The molecule has 9 atom stereocenters. The van der Waals surface area contributed by atoms with Gasteiger partial charge in [-0.1, -0.05) is 78.7 Å². The molecule has 3 saturated heterocycles. The number of hydrogen-bond acceptors (Lipinski definition) is 7. The number of nitrogens with zero attached hydrogens (tertiary/aromatic N) is 2. The second-order valence-corrected chi connectivity index (χ2v) is 15.1. The number of alkyl halides is 1. The number of rotatable bonds is 15. The minimum absolute atomic E-state index is 0.0958. The van der Waals surface area contributed by atoms with E-state index < -0.39 is 59.1 Å². The van der Waals surface area contributed by atoms with E-state index in [0.29, 0.717) is 19.3 Å². The summed E-state index contributed by atoms with van der Waals surface area (Å²) in [6.07, 6.45) is 4.28. The van der Waals surface area contributed by atoms with Crippen molar-refractivity contribution in [3.63, 3.8) is 0 Å². The zero-order chi connectivity index (χ0) is 34.7. The molecule has 1 aromatic carbocycles. The van der Waals surface area contributed by atoms with Crippen molar-refractivity contribution in [3.05, 3.63) is 61.2 Å². The van der Waals surface area contributed by atoms with E-state index in [4.69, 9.17) is 9.47 Å². The fourth-order valence-corrected chi connectivity index (χ4v) is 8.37. The fourth-order valence-electron chi connectivity index (χ4n) is 7.43. The molecule has 0 saturated carbocycles. The molecule has 11 heteroatoms. The first-order chi connectivity index (χ1) is 22.3. The molecule has 1 unspecified atom stereocenters. The number of aliphatic hydroxyl groups excluding tert-OH is 1. The largest absolute Gasteiger partial charge is 0.463 e. The van der Waals surface area contributed by atoms with E-state index >= 15 is 0 Å². The highest BCUT2D eigenvalue weighted by Crippen LogP contribution is 2.61. The first kappa shape index (κ1) is 36.8. The third-order valence-electron chi connectivity index (χ3n) is 9.98. The number of likely N-dealkylation sites (tertiary alicyclic amines) is 1. The predicted molar refractivity (Wildman–Crippen MR) is 182 cm³/mol. The number of carbonyl (C=O) groups is 4. The second-order valence-electron chi connectivity index (χ2n) is 13.9. The summed E-state index contributed by atoms with van der Waals surface area (Å²) in [7, 11) is 0. The molecule has 0 radical (unpaired) electrons. The normalized spacial score (nSPS) is 28.3. The van der Waals surface area contributed by atoms with Crippen molar-refractivity contribution in [2.75, 3.05) is 19.8 Å². The van der Waals surface area contributed by atoms with Crippen LogP contribution in [0.15, 0.2) is 55.6 Å². The van der Waals surface area contributed by atoms with Crippen LogP contribution in [0.5, 0.6) is 0 Å². The highest BCUT2D eigenvalue weighted by molar-refractivity contribution is 9.09. The molecule has 0 aliphatic carbocycles.